The van der Waals surface area contributed by atoms with E-state index in [0.29, 0.717) is 61.7 Å². The predicted molar refractivity (Wildman–Crippen MR) is 180 cm³/mol. The van der Waals surface area contributed by atoms with E-state index in [4.69, 9.17) is 14.2 Å². The van der Waals surface area contributed by atoms with Crippen molar-refractivity contribution in [2.45, 2.75) is 58.4 Å². The molecule has 1 aliphatic rings. The summed E-state index contributed by atoms with van der Waals surface area (Å²) in [6.07, 6.45) is 2.12. The molecule has 0 spiro atoms. The van der Waals surface area contributed by atoms with Crippen molar-refractivity contribution in [2.24, 2.45) is 11.8 Å². The second-order valence-corrected chi connectivity index (χ2v) is 12.6. The summed E-state index contributed by atoms with van der Waals surface area (Å²) in [7, 11) is 0. The molecule has 3 atom stereocenters. The average molecular weight is 689 g/mol. The van der Waals surface area contributed by atoms with Crippen LogP contribution in [0.1, 0.15) is 61.0 Å². The number of rotatable bonds is 16. The summed E-state index contributed by atoms with van der Waals surface area (Å²) in [6.45, 7) is 5.48. The number of benzene rings is 2. The molecule has 0 saturated heterocycles. The van der Waals surface area contributed by atoms with Gasteiger partial charge in [0.15, 0.2) is 5.75 Å². The van der Waals surface area contributed by atoms with Gasteiger partial charge >= 0.3 is 18.1 Å². The predicted octanol–water partition coefficient (Wildman–Crippen LogP) is 7.27. The van der Waals surface area contributed by atoms with Crippen LogP contribution in [0.25, 0.3) is 0 Å². The number of thioether (sulfide) groups is 1. The molecule has 9 nitrogen and oxygen atoms in total. The minimum absolute atomic E-state index is 0.0166. The number of anilines is 2. The molecule has 0 unspecified atom stereocenters. The zero-order valence-corrected chi connectivity index (χ0v) is 28.3. The minimum atomic E-state index is -4.52. The topological polar surface area (TPSA) is 103 Å². The van der Waals surface area contributed by atoms with Crippen molar-refractivity contribution in [1.29, 1.82) is 0 Å². The van der Waals surface area contributed by atoms with Crippen molar-refractivity contribution >= 4 is 35.3 Å². The lowest BCUT2D eigenvalue weighted by molar-refractivity contribution is -0.145. The van der Waals surface area contributed by atoms with Gasteiger partial charge in [-0.15, -0.1) is 0 Å². The van der Waals surface area contributed by atoms with Crippen molar-refractivity contribution < 1.29 is 37.0 Å². The number of nitrogens with zero attached hydrogens (tertiary/aromatic N) is 3. The Kier molecular flexibility index (Phi) is 13.8. The largest absolute Gasteiger partial charge is 0.489 e. The number of alkyl halides is 3. The van der Waals surface area contributed by atoms with Gasteiger partial charge in [-0.3, -0.25) is 4.79 Å². The highest BCUT2D eigenvalue weighted by molar-refractivity contribution is 7.98. The number of aromatic nitrogens is 2. The maximum Gasteiger partial charge on any atom is 0.416 e. The fraction of sp³-hybridized carbons (Fsp3) is 0.486. The summed E-state index contributed by atoms with van der Waals surface area (Å²) in [5, 5.41) is 3.06. The van der Waals surface area contributed by atoms with Crippen LogP contribution >= 0.6 is 11.8 Å². The standard InChI is InChI=1S/C35H43F3N4O5S/c1-4-42(23-26-12-11-24(18-32(43)45-5-2)17-31(26)47-33(44)25-9-7-6-8-10-25)30-14-13-28(35(36,37)38)19-27(30)20-39-34-40-21-29(22-41-34)46-15-16-48-3/h6-10,13-14,19,21-22,24,26,31H,4-5,11-12,15-18,20,23H2,1-3H3,(H,39,40,41)/t24-,26+,31+/m0/s1. The summed E-state index contributed by atoms with van der Waals surface area (Å²) in [4.78, 5) is 36.0. The Bertz CT molecular complexity index is 1460. The minimum Gasteiger partial charge on any atom is -0.489 e. The van der Waals surface area contributed by atoms with Crippen LogP contribution in [0.15, 0.2) is 60.9 Å². The van der Waals surface area contributed by atoms with Crippen molar-refractivity contribution in [3.8, 4) is 5.75 Å². The summed E-state index contributed by atoms with van der Waals surface area (Å²) in [5.74, 6) is 0.700. The van der Waals surface area contributed by atoms with Gasteiger partial charge in [0.05, 0.1) is 36.7 Å². The van der Waals surface area contributed by atoms with Crippen molar-refractivity contribution in [2.75, 3.05) is 48.5 Å². The maximum atomic E-state index is 13.8. The molecular weight excluding hydrogens is 645 g/mol. The molecule has 1 aliphatic carbocycles. The Balaban J connectivity index is 1.54. The molecule has 2 aromatic carbocycles. The van der Waals surface area contributed by atoms with Crippen LogP contribution in [0.5, 0.6) is 5.75 Å². The normalized spacial score (nSPS) is 17.8. The molecular formula is C35H43F3N4O5S. The Morgan fingerprint density at radius 2 is 1.81 bits per heavy atom. The van der Waals surface area contributed by atoms with Gasteiger partial charge in [-0.25, -0.2) is 14.8 Å². The van der Waals surface area contributed by atoms with E-state index >= 15 is 0 Å². The molecule has 1 fully saturated rings. The van der Waals surface area contributed by atoms with Crippen LogP contribution in [-0.2, 0) is 27.0 Å². The fourth-order valence-electron chi connectivity index (χ4n) is 5.84. The third-order valence-corrected chi connectivity index (χ3v) is 8.85. The maximum absolute atomic E-state index is 13.8. The first-order chi connectivity index (χ1) is 23.1. The summed E-state index contributed by atoms with van der Waals surface area (Å²) in [5.41, 5.74) is 0.710. The van der Waals surface area contributed by atoms with E-state index in [2.05, 4.69) is 15.3 Å². The van der Waals surface area contributed by atoms with Gasteiger partial charge < -0.3 is 24.4 Å². The second-order valence-electron chi connectivity index (χ2n) is 11.6. The van der Waals surface area contributed by atoms with Crippen LogP contribution in [0.2, 0.25) is 0 Å². The quantitative estimate of drug-likeness (QED) is 0.122. The third kappa shape index (κ3) is 10.8. The molecule has 1 heterocycles. The lowest BCUT2D eigenvalue weighted by Crippen LogP contribution is -2.42. The van der Waals surface area contributed by atoms with Gasteiger partial charge in [0.2, 0.25) is 5.95 Å². The average Bonchev–Trinajstić information content (AvgIpc) is 3.08. The fourth-order valence-corrected chi connectivity index (χ4v) is 6.09. The van der Waals surface area contributed by atoms with Crippen molar-refractivity contribution in [3.05, 3.63) is 77.6 Å². The van der Waals surface area contributed by atoms with Crippen LogP contribution in [0.3, 0.4) is 0 Å². The number of ether oxygens (including phenoxy) is 3. The molecule has 48 heavy (non-hydrogen) atoms. The monoisotopic (exact) mass is 688 g/mol. The van der Waals surface area contributed by atoms with E-state index in [1.807, 2.05) is 24.1 Å². The molecule has 3 aromatic rings. The number of carbonyl (C=O) groups excluding carboxylic acids is 2. The molecule has 0 bridgehead atoms. The number of hydrogen-bond donors (Lipinski definition) is 1. The molecule has 0 amide bonds. The van der Waals surface area contributed by atoms with Gasteiger partial charge in [0.1, 0.15) is 6.10 Å². The molecule has 1 N–H and O–H groups in total. The number of carbonyl (C=O) groups is 2. The van der Waals surface area contributed by atoms with Crippen molar-refractivity contribution in [1.82, 2.24) is 9.97 Å². The first-order valence-corrected chi connectivity index (χ1v) is 17.5. The molecule has 0 aliphatic heterocycles. The van der Waals surface area contributed by atoms with Gasteiger partial charge in [-0.2, -0.15) is 24.9 Å². The third-order valence-electron chi connectivity index (χ3n) is 8.27. The van der Waals surface area contributed by atoms with Gasteiger partial charge in [-0.1, -0.05) is 18.2 Å². The van der Waals surface area contributed by atoms with Gasteiger partial charge in [0.25, 0.3) is 0 Å². The smallest absolute Gasteiger partial charge is 0.416 e. The molecule has 1 aromatic heterocycles. The Morgan fingerprint density at radius 1 is 1.06 bits per heavy atom. The number of nitrogens with one attached hydrogen (secondary N) is 1. The molecule has 0 radical (unpaired) electrons. The molecule has 13 heteroatoms. The first-order valence-electron chi connectivity index (χ1n) is 16.2. The van der Waals surface area contributed by atoms with Crippen molar-refractivity contribution in [3.63, 3.8) is 0 Å². The van der Waals surface area contributed by atoms with E-state index < -0.39 is 23.8 Å². The van der Waals surface area contributed by atoms with E-state index in [1.54, 1.807) is 43.0 Å². The summed E-state index contributed by atoms with van der Waals surface area (Å²) in [6, 6.07) is 12.4. The highest BCUT2D eigenvalue weighted by atomic mass is 32.2. The summed E-state index contributed by atoms with van der Waals surface area (Å²) < 4.78 is 58.3. The van der Waals surface area contributed by atoms with Crippen LogP contribution in [-0.4, -0.2) is 66.3 Å². The Labute approximate surface area is 284 Å². The van der Waals surface area contributed by atoms with Crippen LogP contribution in [0, 0.1) is 11.8 Å². The first kappa shape index (κ1) is 36.8. The Morgan fingerprint density at radius 3 is 2.48 bits per heavy atom. The summed E-state index contributed by atoms with van der Waals surface area (Å²) >= 11 is 1.65. The Hall–Kier alpha value is -4.00. The lowest BCUT2D eigenvalue weighted by Gasteiger charge is -2.39. The molecule has 1 saturated carbocycles. The van der Waals surface area contributed by atoms with E-state index in [9.17, 15) is 22.8 Å². The van der Waals surface area contributed by atoms with Crippen LogP contribution < -0.4 is 15.0 Å². The van der Waals surface area contributed by atoms with Crippen LogP contribution in [0.4, 0.5) is 24.8 Å². The SMILES string of the molecule is CCOC(=O)C[C@H]1CC[C@H](CN(CC)c2ccc(C(F)(F)F)cc2CNc2ncc(OCCSC)cn2)[C@H](OC(=O)c2ccccc2)C1. The van der Waals surface area contributed by atoms with Gasteiger partial charge in [-0.05, 0) is 81.2 Å². The highest BCUT2D eigenvalue weighted by Crippen LogP contribution is 2.37. The number of esters is 2. The zero-order valence-electron chi connectivity index (χ0n) is 27.5. The second kappa shape index (κ2) is 18.0. The van der Waals surface area contributed by atoms with Gasteiger partial charge in [0, 0.05) is 43.4 Å². The van der Waals surface area contributed by atoms with E-state index in [0.717, 1.165) is 24.3 Å². The van der Waals surface area contributed by atoms with E-state index in [-0.39, 0.29) is 36.7 Å². The van der Waals surface area contributed by atoms with E-state index in [1.165, 1.54) is 18.5 Å². The number of hydrogen-bond acceptors (Lipinski definition) is 10. The number of halogens is 3. The highest BCUT2D eigenvalue weighted by Gasteiger charge is 2.36. The molecule has 4 rings (SSSR count). The molecule has 260 valence electrons. The zero-order chi connectivity index (χ0) is 34.5. The lowest BCUT2D eigenvalue weighted by atomic mass is 9.78.